The standard InChI is InChI=1S/C24H15IN2O2S.C21H11F3IN3O5.C21H22IN3O3.C20H20IN3O3.C20H13IN2O5S/c25-18-7-9-19(10-8-18)27-24(29)21(23(28)26-27)14-20-11-12-22(30-20)17-6-5-15-3-1-2-4-16(15)13-17;22-21(23,24)11-1-7-15(17(9-11)28(31)32)18-8-6-14(33-18)10-16-19(29)26-27(20(16)30)13-4-2-12(25)3-5-13;1-24(2)12-3-13-28-18-10-4-15(5-11-18)14-19-20(26)23-25(21(19)27)17-8-6-16(22)7-9-17;1-3-23(4-2)16-8-6-5-7-15(16)18(25)17-19(26)22-24(20(17)27)14-11-9-13(21)10-12-14;1-27-20(26)17-12(8-9-29-17)13-6-7-14(28-13)15(10-2-4-11(21)5-3-10)16-18(24)22-23-19(16)25/h1-14H,(H,26,28);1-10H,(H,26,29);4-11,14H,3,12-13H2,1-2H3,(H,23,26);5-12,25H,3-4H2,1-2H3,(H,22,26);2-9H,1H3,(H,22,24)(H,23,25). The first kappa shape index (κ1) is 107. The van der Waals surface area contributed by atoms with Crippen LogP contribution >= 0.6 is 136 Å². The van der Waals surface area contributed by atoms with Gasteiger partial charge in [-0.15, -0.1) is 22.7 Å². The van der Waals surface area contributed by atoms with E-state index in [0.717, 1.165) is 98.4 Å². The predicted molar refractivity (Wildman–Crippen MR) is 596 cm³/mol. The Labute approximate surface area is 913 Å². The average molecular weight is 2580 g/mol. The van der Waals surface area contributed by atoms with Gasteiger partial charge < -0.3 is 33.2 Å². The third kappa shape index (κ3) is 25.4. The summed E-state index contributed by atoms with van der Waals surface area (Å²) < 4.78 is 65.8. The molecule has 0 saturated carbocycles. The van der Waals surface area contributed by atoms with Gasteiger partial charge >= 0.3 is 12.1 Å². The Balaban J connectivity index is 0.000000138. The van der Waals surface area contributed by atoms with Crippen molar-refractivity contribution in [3.63, 3.8) is 0 Å². The molecule has 31 nitrogen and oxygen atoms in total. The number of halogens is 8. The summed E-state index contributed by atoms with van der Waals surface area (Å²) in [5.41, 5.74) is 19.4. The molecular formula is C106H81F3I5N13O18S2. The van der Waals surface area contributed by atoms with E-state index in [1.165, 1.54) is 51.4 Å². The number of methoxy groups -OCH3 is 1. The van der Waals surface area contributed by atoms with E-state index in [9.17, 15) is 81.1 Å². The molecule has 10 aromatic carbocycles. The number of nitro groups is 1. The molecule has 0 unspecified atom stereocenters. The number of hydrogen-bond acceptors (Lipinski definition) is 22. The molecule has 0 aliphatic carbocycles. The number of fused-ring (bicyclic) bond motifs is 1. The summed E-state index contributed by atoms with van der Waals surface area (Å²) in [6, 6.07) is 79.1. The molecule has 0 atom stereocenters. The van der Waals surface area contributed by atoms with Crippen molar-refractivity contribution in [1.29, 1.82) is 0 Å². The molecule has 147 heavy (non-hydrogen) atoms. The molecule has 41 heteroatoms. The van der Waals surface area contributed by atoms with Gasteiger partial charge in [-0.2, -0.15) is 13.2 Å². The first-order chi connectivity index (χ1) is 70.5. The first-order valence-corrected chi connectivity index (χ1v) is 51.5. The van der Waals surface area contributed by atoms with Crippen molar-refractivity contribution in [2.75, 3.05) is 72.4 Å². The summed E-state index contributed by atoms with van der Waals surface area (Å²) in [6.45, 7) is 7.12. The molecule has 9 heterocycles. The molecule has 7 N–H and O–H groups in total. The molecule has 5 saturated heterocycles. The van der Waals surface area contributed by atoms with E-state index < -0.39 is 69.7 Å². The summed E-state index contributed by atoms with van der Waals surface area (Å²) >= 11 is 13.6. The fourth-order valence-electron chi connectivity index (χ4n) is 15.3. The highest BCUT2D eigenvalue weighted by molar-refractivity contribution is 14.1. The lowest BCUT2D eigenvalue weighted by atomic mass is 9.97. The topological polar surface area (TPSA) is 387 Å². The van der Waals surface area contributed by atoms with Crippen LogP contribution in [0.5, 0.6) is 5.75 Å². The van der Waals surface area contributed by atoms with Crippen molar-refractivity contribution in [3.05, 3.63) is 378 Å². The van der Waals surface area contributed by atoms with Crippen LogP contribution in [0.2, 0.25) is 0 Å². The Hall–Kier alpha value is -14.5. The van der Waals surface area contributed by atoms with Crippen molar-refractivity contribution >= 4 is 275 Å². The SMILES string of the molecule is CCN(CC)c1ccccc1C(O)=C1C(=O)NN(c2ccc(I)cc2)C1=O.CN(C)CCCOc1ccc(C=C2C(=O)NN(c3ccc(I)cc3)C2=O)cc1.COC(=O)c1sccc1-c1ccc(C(=C2C(=O)NNC2=O)c2ccc(I)cc2)o1.O=C1NN(c2ccc(I)cc2)C(=O)C1=Cc1ccc(-c2ccc(C(F)(F)F)cc2[N+](=O)[O-])o1.O=C1NN(c2ccc(I)cc2)C(=O)C1=Cc1ccc(-c2ccc3ccccc3c2)s1. The van der Waals surface area contributed by atoms with Crippen LogP contribution in [0.15, 0.2) is 315 Å². The number of nitro benzene ring substituents is 1. The number of thiophene rings is 2. The lowest BCUT2D eigenvalue weighted by Gasteiger charge is -2.24. The number of nitrogens with zero attached hydrogens (tertiary/aromatic N) is 7. The van der Waals surface area contributed by atoms with E-state index in [2.05, 4.69) is 186 Å². The minimum Gasteiger partial charge on any atom is -0.506 e. The zero-order valence-corrected chi connectivity index (χ0v) is 90.1. The Kier molecular flexibility index (Phi) is 34.7. The minimum absolute atomic E-state index is 0.0159. The monoisotopic (exact) mass is 2580 g/mol. The van der Waals surface area contributed by atoms with Crippen LogP contribution in [0, 0.1) is 28.0 Å². The summed E-state index contributed by atoms with van der Waals surface area (Å²) in [5, 5.41) is 31.1. The fourth-order valence-corrected chi connectivity index (χ4v) is 18.8. The summed E-state index contributed by atoms with van der Waals surface area (Å²) in [4.78, 5) is 154. The molecule has 4 aromatic heterocycles. The molecule has 19 rings (SSSR count). The lowest BCUT2D eigenvalue weighted by molar-refractivity contribution is -0.384. The molecule has 0 bridgehead atoms. The summed E-state index contributed by atoms with van der Waals surface area (Å²) in [6.07, 6.45) is 0.618. The number of rotatable bonds is 23. The van der Waals surface area contributed by atoms with Crippen LogP contribution in [-0.4, -0.2) is 127 Å². The molecular weight excluding hydrogens is 2500 g/mol. The highest BCUT2D eigenvalue weighted by atomic mass is 127. The van der Waals surface area contributed by atoms with Gasteiger partial charge in [0.2, 0.25) is 0 Å². The number of carbonyl (C=O) groups is 11. The maximum atomic E-state index is 12.9. The highest BCUT2D eigenvalue weighted by Crippen LogP contribution is 2.42. The quantitative estimate of drug-likeness (QED) is 0.00457. The van der Waals surface area contributed by atoms with Gasteiger partial charge in [-0.1, -0.05) is 72.8 Å². The zero-order chi connectivity index (χ0) is 105. The number of hydrazine groups is 5. The minimum atomic E-state index is -4.75. The number of amides is 10. The smallest absolute Gasteiger partial charge is 0.416 e. The fraction of sp³-hybridized carbons (Fsp3) is 0.104. The van der Waals surface area contributed by atoms with E-state index in [0.29, 0.717) is 80.2 Å². The molecule has 14 aromatic rings. The van der Waals surface area contributed by atoms with Crippen LogP contribution < -0.4 is 62.2 Å². The van der Waals surface area contributed by atoms with Gasteiger partial charge in [0, 0.05) is 75.7 Å². The number of aliphatic hydroxyl groups excluding tert-OH is 1. The molecule has 5 aliphatic heterocycles. The molecule has 746 valence electrons. The number of anilines is 5. The number of alkyl halides is 3. The van der Waals surface area contributed by atoms with E-state index in [-0.39, 0.29) is 68.4 Å². The number of nitrogens with one attached hydrogen (secondary N) is 6. The number of para-hydroxylation sites is 1. The Bertz CT molecular complexity index is 7640. The van der Waals surface area contributed by atoms with E-state index in [1.54, 1.807) is 108 Å². The zero-order valence-electron chi connectivity index (χ0n) is 77.7. The largest absolute Gasteiger partial charge is 0.506 e. The van der Waals surface area contributed by atoms with Crippen molar-refractivity contribution < 1.29 is 94.2 Å². The van der Waals surface area contributed by atoms with E-state index in [4.69, 9.17) is 18.3 Å². The molecule has 10 amide bonds. The predicted octanol–water partition coefficient (Wildman–Crippen LogP) is 20.5. The van der Waals surface area contributed by atoms with E-state index in [1.807, 2.05) is 161 Å². The van der Waals surface area contributed by atoms with Crippen LogP contribution in [0.25, 0.3) is 73.4 Å². The number of hydrogen-bond donors (Lipinski definition) is 7. The van der Waals surface area contributed by atoms with Gasteiger partial charge in [0.1, 0.15) is 61.7 Å². The Morgan fingerprint density at radius 2 is 1.01 bits per heavy atom. The number of carbonyl (C=O) groups excluding carboxylic acids is 11. The molecule has 5 aliphatic rings. The van der Waals surface area contributed by atoms with Crippen LogP contribution in [0.3, 0.4) is 0 Å². The first-order valence-electron chi connectivity index (χ1n) is 44.4. The molecule has 0 spiro atoms. The second-order valence-corrected chi connectivity index (χ2v) is 40.6. The number of esters is 1. The molecule has 5 fully saturated rings. The van der Waals surface area contributed by atoms with Gasteiger partial charge in [0.05, 0.1) is 52.5 Å². The summed E-state index contributed by atoms with van der Waals surface area (Å²) in [5.74, 6) is -4.41. The van der Waals surface area contributed by atoms with Crippen LogP contribution in [0.1, 0.15) is 68.6 Å². The van der Waals surface area contributed by atoms with Gasteiger partial charge in [-0.25, -0.2) is 24.8 Å². The average Bonchev–Trinajstić information content (AvgIpc) is 1.63. The van der Waals surface area contributed by atoms with Gasteiger partial charge in [0.15, 0.2) is 5.57 Å². The van der Waals surface area contributed by atoms with E-state index >= 15 is 0 Å². The van der Waals surface area contributed by atoms with Gasteiger partial charge in [-0.3, -0.25) is 90.6 Å². The Morgan fingerprint density at radius 3 is 1.54 bits per heavy atom. The number of furan rings is 2. The number of aliphatic hydroxyl groups is 1. The van der Waals surface area contributed by atoms with Crippen molar-refractivity contribution in [3.8, 4) is 38.8 Å². The maximum Gasteiger partial charge on any atom is 0.416 e. The lowest BCUT2D eigenvalue weighted by Crippen LogP contribution is -2.35. The van der Waals surface area contributed by atoms with Crippen LogP contribution in [-0.2, 0) is 58.9 Å². The second-order valence-electron chi connectivity index (χ2n) is 32.3. The van der Waals surface area contributed by atoms with Gasteiger partial charge in [0.25, 0.3) is 64.8 Å². The van der Waals surface area contributed by atoms with Crippen LogP contribution in [0.4, 0.5) is 47.3 Å². The maximum absolute atomic E-state index is 12.9. The summed E-state index contributed by atoms with van der Waals surface area (Å²) in [7, 11) is 5.38. The van der Waals surface area contributed by atoms with Crippen molar-refractivity contribution in [2.45, 2.75) is 26.4 Å². The number of ether oxygens (including phenoxy) is 2. The second kappa shape index (κ2) is 47.8. The third-order valence-corrected chi connectivity index (χ3v) is 28.1. The number of benzene rings is 10. The van der Waals surface area contributed by atoms with Crippen molar-refractivity contribution in [2.24, 2.45) is 0 Å². The Morgan fingerprint density at radius 1 is 0.510 bits per heavy atom. The normalized spacial score (nSPS) is 15.0. The van der Waals surface area contributed by atoms with Crippen molar-refractivity contribution in [1.82, 2.24) is 37.5 Å². The van der Waals surface area contributed by atoms with Gasteiger partial charge in [-0.05, 0) is 393 Å². The third-order valence-electron chi connectivity index (χ3n) is 22.5. The highest BCUT2D eigenvalue weighted by Gasteiger charge is 2.42. The molecule has 0 radical (unpaired) electrons.